The van der Waals surface area contributed by atoms with Gasteiger partial charge < -0.3 is 5.32 Å². The Morgan fingerprint density at radius 1 is 1.47 bits per heavy atom. The molecule has 2 aromatic rings. The lowest BCUT2D eigenvalue weighted by atomic mass is 10.3. The first-order valence-corrected chi connectivity index (χ1v) is 5.91. The number of aryl methyl sites for hydroxylation is 1. The minimum absolute atomic E-state index is 0.297. The van der Waals surface area contributed by atoms with Crippen LogP contribution >= 0.6 is 27.5 Å². The first-order valence-electron chi connectivity index (χ1n) is 4.74. The average molecular weight is 321 g/mol. The van der Waals surface area contributed by atoms with Gasteiger partial charge in [0.15, 0.2) is 0 Å². The molecule has 0 aliphatic carbocycles. The van der Waals surface area contributed by atoms with Gasteiger partial charge in [0.2, 0.25) is 0 Å². The number of aromatic nitrogens is 2. The Balaban J connectivity index is 2.17. The molecule has 90 valence electrons. The zero-order valence-electron chi connectivity index (χ0n) is 8.80. The molecule has 0 saturated heterocycles. The first-order chi connectivity index (χ1) is 8.08. The molecule has 0 unspecified atom stereocenters. The molecule has 0 bridgehead atoms. The van der Waals surface area contributed by atoms with Crippen LogP contribution in [0.4, 0.5) is 10.1 Å². The molecule has 4 nitrogen and oxygen atoms in total. The Morgan fingerprint density at radius 3 is 2.82 bits per heavy atom. The van der Waals surface area contributed by atoms with Crippen molar-refractivity contribution in [1.29, 1.82) is 0 Å². The van der Waals surface area contributed by atoms with E-state index >= 15 is 0 Å². The van der Waals surface area contributed by atoms with Gasteiger partial charge in [0, 0.05) is 4.47 Å². The quantitative estimate of drug-likeness (QED) is 0.939. The number of nitrogens with one attached hydrogen (secondary N) is 1. The van der Waals surface area contributed by atoms with Crippen molar-refractivity contribution in [2.24, 2.45) is 0 Å². The summed E-state index contributed by atoms with van der Waals surface area (Å²) < 4.78 is 18.1. The van der Waals surface area contributed by atoms with E-state index in [1.807, 2.05) is 0 Å². The number of halogens is 3. The lowest BCUT2D eigenvalue weighted by molar-refractivity contribution is 0.301. The predicted molar refractivity (Wildman–Crippen MR) is 65.5 cm³/mol. The van der Waals surface area contributed by atoms with Gasteiger partial charge in [0.05, 0.1) is 17.3 Å². The third kappa shape index (κ3) is 2.76. The fourth-order valence-electron chi connectivity index (χ4n) is 1.29. The van der Waals surface area contributed by atoms with Gasteiger partial charge in [-0.15, -0.1) is 0 Å². The summed E-state index contributed by atoms with van der Waals surface area (Å²) in [5.41, 5.74) is 1.99. The fraction of sp³-hybridized carbons (Fsp3) is 0.200. The molecule has 1 heterocycles. The summed E-state index contributed by atoms with van der Waals surface area (Å²) in [6.45, 7) is 2.19. The molecule has 0 amide bonds. The van der Waals surface area contributed by atoms with Crippen molar-refractivity contribution < 1.29 is 9.02 Å². The third-order valence-electron chi connectivity index (χ3n) is 2.19. The van der Waals surface area contributed by atoms with Crippen LogP contribution in [0.2, 0.25) is 5.02 Å². The third-order valence-corrected chi connectivity index (χ3v) is 3.11. The summed E-state index contributed by atoms with van der Waals surface area (Å²) in [4.78, 5) is 0. The molecule has 0 radical (unpaired) electrons. The van der Waals surface area contributed by atoms with Crippen molar-refractivity contribution in [3.8, 4) is 0 Å². The molecule has 0 aliphatic heterocycles. The molecule has 7 heteroatoms. The number of benzene rings is 1. The minimum atomic E-state index is -0.397. The summed E-state index contributed by atoms with van der Waals surface area (Å²) in [5, 5.41) is 10.7. The summed E-state index contributed by atoms with van der Waals surface area (Å²) in [7, 11) is 0. The highest BCUT2D eigenvalue weighted by Gasteiger charge is 2.10. The van der Waals surface area contributed by atoms with Crippen molar-refractivity contribution in [1.82, 2.24) is 10.3 Å². The normalized spacial score (nSPS) is 10.6. The van der Waals surface area contributed by atoms with Crippen LogP contribution in [-0.4, -0.2) is 10.3 Å². The summed E-state index contributed by atoms with van der Waals surface area (Å²) in [6.07, 6.45) is 0. The van der Waals surface area contributed by atoms with Gasteiger partial charge in [-0.2, -0.15) is 0 Å². The molecule has 2 rings (SSSR count). The first kappa shape index (κ1) is 12.3. The van der Waals surface area contributed by atoms with Gasteiger partial charge in [-0.3, -0.25) is 0 Å². The second-order valence-electron chi connectivity index (χ2n) is 3.39. The molecule has 0 aliphatic rings. The Kier molecular flexibility index (Phi) is 3.63. The Hall–Kier alpha value is -1.14. The van der Waals surface area contributed by atoms with Crippen LogP contribution in [0.3, 0.4) is 0 Å². The van der Waals surface area contributed by atoms with Crippen molar-refractivity contribution in [2.75, 3.05) is 5.32 Å². The molecular formula is C10H8BrClFN3O. The van der Waals surface area contributed by atoms with Crippen LogP contribution in [0.15, 0.2) is 21.2 Å². The van der Waals surface area contributed by atoms with Crippen LogP contribution in [-0.2, 0) is 6.54 Å². The molecule has 1 aromatic heterocycles. The number of rotatable bonds is 3. The Morgan fingerprint density at radius 2 is 2.24 bits per heavy atom. The molecule has 1 N–H and O–H groups in total. The predicted octanol–water partition coefficient (Wildman–Crippen LogP) is 3.55. The molecule has 0 fully saturated rings. The van der Waals surface area contributed by atoms with Gasteiger partial charge in [0.25, 0.3) is 0 Å². The van der Waals surface area contributed by atoms with E-state index in [2.05, 4.69) is 36.2 Å². The van der Waals surface area contributed by atoms with Gasteiger partial charge in [-0.05, 0) is 35.0 Å². The maximum Gasteiger partial charge on any atom is 0.127 e. The van der Waals surface area contributed by atoms with Gasteiger partial charge in [0.1, 0.15) is 17.2 Å². The van der Waals surface area contributed by atoms with E-state index in [1.54, 1.807) is 6.92 Å². The van der Waals surface area contributed by atoms with Gasteiger partial charge in [-0.1, -0.05) is 21.9 Å². The van der Waals surface area contributed by atoms with Crippen LogP contribution in [0.25, 0.3) is 0 Å². The second-order valence-corrected chi connectivity index (χ2v) is 4.66. The van der Waals surface area contributed by atoms with Crippen molar-refractivity contribution in [3.05, 3.63) is 38.8 Å². The Bertz CT molecular complexity index is 523. The van der Waals surface area contributed by atoms with E-state index in [0.717, 1.165) is 0 Å². The summed E-state index contributed by atoms with van der Waals surface area (Å²) in [6, 6.07) is 2.57. The SMILES string of the molecule is Cc1nonc1CNc1c(Cl)cc(F)cc1Br. The van der Waals surface area contributed by atoms with Gasteiger partial charge in [-0.25, -0.2) is 9.02 Å². The van der Waals surface area contributed by atoms with Crippen molar-refractivity contribution >= 4 is 33.2 Å². The van der Waals surface area contributed by atoms with E-state index in [1.165, 1.54) is 12.1 Å². The van der Waals surface area contributed by atoms with Crippen LogP contribution < -0.4 is 5.32 Å². The molecule has 0 spiro atoms. The summed E-state index contributed by atoms with van der Waals surface area (Å²) in [5.74, 6) is -0.397. The Labute approximate surface area is 110 Å². The zero-order valence-corrected chi connectivity index (χ0v) is 11.1. The minimum Gasteiger partial charge on any atom is -0.377 e. The summed E-state index contributed by atoms with van der Waals surface area (Å²) >= 11 is 9.16. The topological polar surface area (TPSA) is 51.0 Å². The largest absolute Gasteiger partial charge is 0.377 e. The van der Waals surface area contributed by atoms with E-state index in [9.17, 15) is 4.39 Å². The fourth-order valence-corrected chi connectivity index (χ4v) is 2.25. The van der Waals surface area contributed by atoms with E-state index in [0.29, 0.717) is 33.1 Å². The maximum atomic E-state index is 13.0. The second kappa shape index (κ2) is 5.01. The van der Waals surface area contributed by atoms with Crippen LogP contribution in [0, 0.1) is 12.7 Å². The average Bonchev–Trinajstić information content (AvgIpc) is 2.62. The highest BCUT2D eigenvalue weighted by molar-refractivity contribution is 9.10. The number of hydrogen-bond acceptors (Lipinski definition) is 4. The lowest BCUT2D eigenvalue weighted by Crippen LogP contribution is -2.03. The number of hydrogen-bond donors (Lipinski definition) is 1. The lowest BCUT2D eigenvalue weighted by Gasteiger charge is -2.09. The number of nitrogens with zero attached hydrogens (tertiary/aromatic N) is 2. The van der Waals surface area contributed by atoms with E-state index in [4.69, 9.17) is 11.6 Å². The van der Waals surface area contributed by atoms with E-state index < -0.39 is 5.82 Å². The smallest absolute Gasteiger partial charge is 0.127 e. The molecule has 0 saturated carbocycles. The molecule has 0 atom stereocenters. The number of anilines is 1. The molecular weight excluding hydrogens is 312 g/mol. The maximum absolute atomic E-state index is 13.0. The monoisotopic (exact) mass is 319 g/mol. The van der Waals surface area contributed by atoms with Crippen LogP contribution in [0.1, 0.15) is 11.4 Å². The standard InChI is InChI=1S/C10H8BrClFN3O/c1-5-9(16-17-15-5)4-14-10-7(11)2-6(13)3-8(10)12/h2-3,14H,4H2,1H3. The van der Waals surface area contributed by atoms with Crippen molar-refractivity contribution in [2.45, 2.75) is 13.5 Å². The highest BCUT2D eigenvalue weighted by atomic mass is 79.9. The molecule has 1 aromatic carbocycles. The highest BCUT2D eigenvalue weighted by Crippen LogP contribution is 2.31. The van der Waals surface area contributed by atoms with Crippen LogP contribution in [0.5, 0.6) is 0 Å². The van der Waals surface area contributed by atoms with Gasteiger partial charge >= 0.3 is 0 Å². The van der Waals surface area contributed by atoms with E-state index in [-0.39, 0.29) is 0 Å². The van der Waals surface area contributed by atoms with Crippen molar-refractivity contribution in [3.63, 3.8) is 0 Å². The molecule has 17 heavy (non-hydrogen) atoms. The zero-order chi connectivity index (χ0) is 12.4.